The van der Waals surface area contributed by atoms with Gasteiger partial charge in [0.1, 0.15) is 0 Å². The Bertz CT molecular complexity index is 664. The van der Waals surface area contributed by atoms with Gasteiger partial charge in [0.15, 0.2) is 0 Å². The molecule has 1 N–H and O–H groups in total. The summed E-state index contributed by atoms with van der Waals surface area (Å²) >= 11 is 0. The number of carbonyl (C=O) groups excluding carboxylic acids is 2. The highest BCUT2D eigenvalue weighted by molar-refractivity contribution is 5.96. The van der Waals surface area contributed by atoms with Crippen molar-refractivity contribution in [1.29, 1.82) is 0 Å². The van der Waals surface area contributed by atoms with Gasteiger partial charge in [0, 0.05) is 32.3 Å². The molecular formula is C14H16F3N3O5. The average molecular weight is 363 g/mol. The zero-order valence-electron chi connectivity index (χ0n) is 13.4. The van der Waals surface area contributed by atoms with Crippen LogP contribution in [0.1, 0.15) is 17.3 Å². The zero-order chi connectivity index (χ0) is 19.2. The van der Waals surface area contributed by atoms with E-state index in [1.54, 1.807) is 12.2 Å². The van der Waals surface area contributed by atoms with E-state index in [0.29, 0.717) is 0 Å². The SMILES string of the molecule is CCOC(=O)c1ccc([N+](=O)[O-])cc1N(C)CCNC(=O)C(F)(F)F. The number of carbonyl (C=O) groups is 2. The number of likely N-dealkylation sites (N-methyl/N-ethyl adjacent to an activating group) is 1. The quantitative estimate of drug-likeness (QED) is 0.451. The number of benzene rings is 1. The number of anilines is 1. The van der Waals surface area contributed by atoms with E-state index in [1.807, 2.05) is 0 Å². The number of ether oxygens (including phenoxy) is 1. The summed E-state index contributed by atoms with van der Waals surface area (Å²) in [6.07, 6.45) is -5.00. The number of alkyl halides is 3. The molecule has 0 saturated heterocycles. The number of non-ortho nitro benzene ring substituents is 1. The number of hydrogen-bond acceptors (Lipinski definition) is 6. The molecule has 0 radical (unpaired) electrons. The van der Waals surface area contributed by atoms with Crippen LogP contribution in [-0.4, -0.2) is 49.7 Å². The maximum Gasteiger partial charge on any atom is 0.471 e. The monoisotopic (exact) mass is 363 g/mol. The lowest BCUT2D eigenvalue weighted by atomic mass is 10.1. The van der Waals surface area contributed by atoms with Gasteiger partial charge in [-0.1, -0.05) is 0 Å². The Kier molecular flexibility index (Phi) is 6.71. The van der Waals surface area contributed by atoms with Gasteiger partial charge in [-0.25, -0.2) is 4.79 Å². The third-order valence-corrected chi connectivity index (χ3v) is 3.09. The molecule has 138 valence electrons. The fourth-order valence-corrected chi connectivity index (χ4v) is 1.89. The zero-order valence-corrected chi connectivity index (χ0v) is 13.4. The molecule has 0 aliphatic rings. The average Bonchev–Trinajstić information content (AvgIpc) is 2.53. The van der Waals surface area contributed by atoms with Crippen molar-refractivity contribution in [2.24, 2.45) is 0 Å². The number of nitrogens with zero attached hydrogens (tertiary/aromatic N) is 2. The second-order valence-corrected chi connectivity index (χ2v) is 4.85. The summed E-state index contributed by atoms with van der Waals surface area (Å²) in [6.45, 7) is 1.18. The minimum atomic E-state index is -5.00. The molecule has 0 atom stereocenters. The van der Waals surface area contributed by atoms with Crippen molar-refractivity contribution < 1.29 is 32.4 Å². The molecule has 11 heteroatoms. The second-order valence-electron chi connectivity index (χ2n) is 4.85. The van der Waals surface area contributed by atoms with Crippen molar-refractivity contribution in [2.45, 2.75) is 13.1 Å². The van der Waals surface area contributed by atoms with Crippen molar-refractivity contribution in [1.82, 2.24) is 5.32 Å². The van der Waals surface area contributed by atoms with Crippen LogP contribution in [0.15, 0.2) is 18.2 Å². The van der Waals surface area contributed by atoms with Crippen LogP contribution < -0.4 is 10.2 Å². The Morgan fingerprint density at radius 1 is 1.36 bits per heavy atom. The van der Waals surface area contributed by atoms with Crippen LogP contribution in [0, 0.1) is 10.1 Å². The van der Waals surface area contributed by atoms with Gasteiger partial charge < -0.3 is 15.0 Å². The van der Waals surface area contributed by atoms with E-state index >= 15 is 0 Å². The van der Waals surface area contributed by atoms with Gasteiger partial charge in [0.25, 0.3) is 5.69 Å². The smallest absolute Gasteiger partial charge is 0.462 e. The summed E-state index contributed by atoms with van der Waals surface area (Å²) in [5, 5.41) is 12.6. The highest BCUT2D eigenvalue weighted by Gasteiger charge is 2.38. The van der Waals surface area contributed by atoms with Crippen molar-refractivity contribution >= 4 is 23.3 Å². The molecule has 1 amide bonds. The van der Waals surface area contributed by atoms with Gasteiger partial charge in [-0.15, -0.1) is 0 Å². The third kappa shape index (κ3) is 5.62. The molecule has 0 unspecified atom stereocenters. The fourth-order valence-electron chi connectivity index (χ4n) is 1.89. The summed E-state index contributed by atoms with van der Waals surface area (Å²) in [5.41, 5.74) is -0.166. The summed E-state index contributed by atoms with van der Waals surface area (Å²) in [5.74, 6) is -2.82. The van der Waals surface area contributed by atoms with E-state index in [1.165, 1.54) is 18.0 Å². The highest BCUT2D eigenvalue weighted by Crippen LogP contribution is 2.26. The first-order valence-electron chi connectivity index (χ1n) is 7.09. The van der Waals surface area contributed by atoms with E-state index in [2.05, 4.69) is 0 Å². The Labute approximate surface area is 140 Å². The normalized spacial score (nSPS) is 10.9. The summed E-state index contributed by atoms with van der Waals surface area (Å²) < 4.78 is 41.2. The van der Waals surface area contributed by atoms with E-state index in [4.69, 9.17) is 4.74 Å². The largest absolute Gasteiger partial charge is 0.471 e. The molecule has 1 aromatic rings. The van der Waals surface area contributed by atoms with Gasteiger partial charge in [0.2, 0.25) is 0 Å². The number of esters is 1. The van der Waals surface area contributed by atoms with Crippen LogP contribution in [0.5, 0.6) is 0 Å². The number of rotatable bonds is 7. The number of amides is 1. The molecule has 0 aliphatic heterocycles. The molecule has 1 rings (SSSR count). The van der Waals surface area contributed by atoms with E-state index in [0.717, 1.165) is 12.1 Å². The number of halogens is 3. The minimum absolute atomic E-state index is 0.0251. The van der Waals surface area contributed by atoms with Gasteiger partial charge in [-0.3, -0.25) is 14.9 Å². The Hall–Kier alpha value is -2.85. The van der Waals surface area contributed by atoms with Crippen LogP contribution >= 0.6 is 0 Å². The Morgan fingerprint density at radius 3 is 2.52 bits per heavy atom. The summed E-state index contributed by atoms with van der Waals surface area (Å²) in [6, 6.07) is 3.43. The molecule has 1 aromatic carbocycles. The van der Waals surface area contributed by atoms with Gasteiger partial charge >= 0.3 is 18.1 Å². The fraction of sp³-hybridized carbons (Fsp3) is 0.429. The Balaban J connectivity index is 2.95. The maximum absolute atomic E-state index is 12.1. The standard InChI is InChI=1S/C14H16F3N3O5/c1-3-25-12(21)10-5-4-9(20(23)24)8-11(10)19(2)7-6-18-13(22)14(15,16)17/h4-5,8H,3,6-7H2,1-2H3,(H,18,22). The predicted molar refractivity (Wildman–Crippen MR) is 81.4 cm³/mol. The third-order valence-electron chi connectivity index (χ3n) is 3.09. The van der Waals surface area contributed by atoms with E-state index < -0.39 is 23.0 Å². The molecule has 8 nitrogen and oxygen atoms in total. The summed E-state index contributed by atoms with van der Waals surface area (Å²) in [7, 11) is 1.42. The van der Waals surface area contributed by atoms with Crippen LogP contribution in [0.4, 0.5) is 24.5 Å². The van der Waals surface area contributed by atoms with Gasteiger partial charge in [0.05, 0.1) is 22.8 Å². The molecule has 0 heterocycles. The van der Waals surface area contributed by atoms with Gasteiger partial charge in [-0.2, -0.15) is 13.2 Å². The first-order chi connectivity index (χ1) is 11.6. The van der Waals surface area contributed by atoms with Crippen LogP contribution in [0.3, 0.4) is 0 Å². The number of nitro groups is 1. The molecule has 0 bridgehead atoms. The molecule has 0 fully saturated rings. The molecule has 0 aromatic heterocycles. The van der Waals surface area contributed by atoms with Crippen molar-refractivity contribution in [3.8, 4) is 0 Å². The van der Waals surface area contributed by atoms with Crippen molar-refractivity contribution in [3.63, 3.8) is 0 Å². The molecular weight excluding hydrogens is 347 g/mol. The van der Waals surface area contributed by atoms with Gasteiger partial charge in [-0.05, 0) is 13.0 Å². The van der Waals surface area contributed by atoms with E-state index in [-0.39, 0.29) is 36.6 Å². The lowest BCUT2D eigenvalue weighted by Gasteiger charge is -2.22. The summed E-state index contributed by atoms with van der Waals surface area (Å²) in [4.78, 5) is 34.2. The van der Waals surface area contributed by atoms with Crippen LogP contribution in [0.2, 0.25) is 0 Å². The first-order valence-corrected chi connectivity index (χ1v) is 7.09. The Morgan fingerprint density at radius 2 is 2.00 bits per heavy atom. The molecule has 0 spiro atoms. The van der Waals surface area contributed by atoms with Crippen LogP contribution in [-0.2, 0) is 9.53 Å². The molecule has 0 saturated carbocycles. The molecule has 0 aliphatic carbocycles. The minimum Gasteiger partial charge on any atom is -0.462 e. The highest BCUT2D eigenvalue weighted by atomic mass is 19.4. The van der Waals surface area contributed by atoms with Crippen molar-refractivity contribution in [2.75, 3.05) is 31.6 Å². The predicted octanol–water partition coefficient (Wildman–Crippen LogP) is 1.89. The first kappa shape index (κ1) is 20.2. The van der Waals surface area contributed by atoms with Crippen molar-refractivity contribution in [3.05, 3.63) is 33.9 Å². The number of nitrogens with one attached hydrogen (secondary N) is 1. The number of nitro benzene ring substituents is 1. The molecule has 25 heavy (non-hydrogen) atoms. The topological polar surface area (TPSA) is 102 Å². The second kappa shape index (κ2) is 8.31. The lowest BCUT2D eigenvalue weighted by Crippen LogP contribution is -2.40. The number of hydrogen-bond donors (Lipinski definition) is 1. The lowest BCUT2D eigenvalue weighted by molar-refractivity contribution is -0.384. The maximum atomic E-state index is 12.1. The van der Waals surface area contributed by atoms with Crippen LogP contribution in [0.25, 0.3) is 0 Å². The van der Waals surface area contributed by atoms with E-state index in [9.17, 15) is 32.9 Å².